The second-order valence-corrected chi connectivity index (χ2v) is 6.78. The molecule has 1 aliphatic heterocycles. The van der Waals surface area contributed by atoms with Crippen molar-refractivity contribution in [2.45, 2.75) is 33.3 Å². The van der Waals surface area contributed by atoms with E-state index < -0.39 is 6.10 Å². The summed E-state index contributed by atoms with van der Waals surface area (Å²) in [6.07, 6.45) is 3.83. The van der Waals surface area contributed by atoms with Crippen LogP contribution in [0.5, 0.6) is 0 Å². The third-order valence-electron chi connectivity index (χ3n) is 4.97. The number of benzene rings is 1. The molecule has 2 aromatic rings. The fourth-order valence-electron chi connectivity index (χ4n) is 3.23. The van der Waals surface area contributed by atoms with E-state index in [-0.39, 0.29) is 11.8 Å². The highest BCUT2D eigenvalue weighted by Crippen LogP contribution is 2.20. The Balaban J connectivity index is 1.78. The molecule has 3 rings (SSSR count). The van der Waals surface area contributed by atoms with Gasteiger partial charge in [0, 0.05) is 30.4 Å². The number of aliphatic hydroxyl groups excluding tert-OH is 1. The largest absolute Gasteiger partial charge is 0.391 e. The van der Waals surface area contributed by atoms with Crippen LogP contribution < -0.4 is 0 Å². The molecule has 1 aromatic heterocycles. The van der Waals surface area contributed by atoms with Gasteiger partial charge in [0.25, 0.3) is 0 Å². The van der Waals surface area contributed by atoms with Crippen LogP contribution in [0.3, 0.4) is 0 Å². The predicted molar refractivity (Wildman–Crippen MR) is 98.4 cm³/mol. The van der Waals surface area contributed by atoms with Crippen LogP contribution in [0.25, 0.3) is 11.8 Å². The highest BCUT2D eigenvalue weighted by atomic mass is 16.3. The first-order chi connectivity index (χ1) is 12.0. The minimum Gasteiger partial charge on any atom is -0.391 e. The van der Waals surface area contributed by atoms with E-state index in [0.717, 1.165) is 29.1 Å². The number of aliphatic hydroxyl groups is 1. The number of β-amino-alcohol motifs (C(OH)–C–C–N with tert-alkyl or cyclic N) is 1. The quantitative estimate of drug-likeness (QED) is 0.875. The van der Waals surface area contributed by atoms with E-state index in [2.05, 4.69) is 5.10 Å². The number of para-hydroxylation sites is 1. The number of hydrogen-bond donors (Lipinski definition) is 1. The van der Waals surface area contributed by atoms with Crippen LogP contribution in [-0.2, 0) is 4.79 Å². The molecule has 1 fully saturated rings. The molecule has 5 nitrogen and oxygen atoms in total. The van der Waals surface area contributed by atoms with Gasteiger partial charge in [0.2, 0.25) is 5.91 Å². The van der Waals surface area contributed by atoms with E-state index in [4.69, 9.17) is 0 Å². The van der Waals surface area contributed by atoms with E-state index in [1.54, 1.807) is 11.0 Å². The van der Waals surface area contributed by atoms with Gasteiger partial charge in [-0.25, -0.2) is 4.68 Å². The van der Waals surface area contributed by atoms with Gasteiger partial charge >= 0.3 is 0 Å². The first-order valence-corrected chi connectivity index (χ1v) is 8.74. The third kappa shape index (κ3) is 3.66. The molecule has 2 heterocycles. The Labute approximate surface area is 148 Å². The number of aryl methyl sites for hydroxylation is 1. The van der Waals surface area contributed by atoms with Crippen molar-refractivity contribution in [3.8, 4) is 5.69 Å². The fraction of sp³-hybridized carbons (Fsp3) is 0.400. The molecule has 132 valence electrons. The summed E-state index contributed by atoms with van der Waals surface area (Å²) in [6, 6.07) is 9.95. The lowest BCUT2D eigenvalue weighted by Crippen LogP contribution is -2.45. The van der Waals surface area contributed by atoms with Crippen LogP contribution >= 0.6 is 0 Å². The number of hydrogen-bond acceptors (Lipinski definition) is 3. The molecule has 0 saturated carbocycles. The summed E-state index contributed by atoms with van der Waals surface area (Å²) >= 11 is 0. The van der Waals surface area contributed by atoms with Gasteiger partial charge in [-0.15, -0.1) is 0 Å². The minimum absolute atomic E-state index is 0.0581. The molecule has 1 aliphatic rings. The summed E-state index contributed by atoms with van der Waals surface area (Å²) in [5.41, 5.74) is 3.85. The average molecular weight is 339 g/mol. The molecule has 2 atom stereocenters. The molecule has 25 heavy (non-hydrogen) atoms. The smallest absolute Gasteiger partial charge is 0.246 e. The van der Waals surface area contributed by atoms with Crippen molar-refractivity contribution in [2.75, 3.05) is 13.1 Å². The maximum Gasteiger partial charge on any atom is 0.246 e. The SMILES string of the molecule is Cc1nn(-c2ccccc2)c(C)c1/C=C/C(=O)N1CCC(C)C(O)C1. The molecular weight excluding hydrogens is 314 g/mol. The highest BCUT2D eigenvalue weighted by molar-refractivity contribution is 5.92. The van der Waals surface area contributed by atoms with E-state index in [0.29, 0.717) is 13.1 Å². The number of piperidine rings is 1. The number of rotatable bonds is 3. The standard InChI is InChI=1S/C20H25N3O2/c1-14-11-12-22(13-19(14)24)20(25)10-9-18-15(2)21-23(16(18)3)17-7-5-4-6-8-17/h4-10,14,19,24H,11-13H2,1-3H3/b10-9+. The van der Waals surface area contributed by atoms with Crippen molar-refractivity contribution >= 4 is 12.0 Å². The number of carbonyl (C=O) groups is 1. The fourth-order valence-corrected chi connectivity index (χ4v) is 3.23. The number of nitrogens with zero attached hydrogens (tertiary/aromatic N) is 3. The molecule has 0 aliphatic carbocycles. The summed E-state index contributed by atoms with van der Waals surface area (Å²) < 4.78 is 1.89. The molecule has 1 saturated heterocycles. The monoisotopic (exact) mass is 339 g/mol. The molecule has 0 radical (unpaired) electrons. The number of aromatic nitrogens is 2. The highest BCUT2D eigenvalue weighted by Gasteiger charge is 2.26. The van der Waals surface area contributed by atoms with Gasteiger partial charge in [-0.05, 0) is 44.4 Å². The van der Waals surface area contributed by atoms with Gasteiger partial charge in [0.05, 0.1) is 17.5 Å². The summed E-state index contributed by atoms with van der Waals surface area (Å²) in [6.45, 7) is 7.08. The van der Waals surface area contributed by atoms with Crippen molar-refractivity contribution < 1.29 is 9.90 Å². The van der Waals surface area contributed by atoms with Crippen LogP contribution in [0.1, 0.15) is 30.3 Å². The summed E-state index contributed by atoms with van der Waals surface area (Å²) in [5.74, 6) is 0.193. The predicted octanol–water partition coefficient (Wildman–Crippen LogP) is 2.73. The molecule has 1 amide bonds. The van der Waals surface area contributed by atoms with E-state index in [1.807, 2.05) is 61.9 Å². The minimum atomic E-state index is -0.435. The van der Waals surface area contributed by atoms with Gasteiger partial charge in [0.15, 0.2) is 0 Å². The lowest BCUT2D eigenvalue weighted by Gasteiger charge is -2.33. The van der Waals surface area contributed by atoms with Crippen LogP contribution in [0.2, 0.25) is 0 Å². The Morgan fingerprint density at radius 1 is 1.28 bits per heavy atom. The normalized spacial score (nSPS) is 21.0. The third-order valence-corrected chi connectivity index (χ3v) is 4.97. The Kier molecular flexibility index (Phi) is 5.04. The Morgan fingerprint density at radius 3 is 2.68 bits per heavy atom. The maximum atomic E-state index is 12.4. The van der Waals surface area contributed by atoms with Gasteiger partial charge < -0.3 is 10.0 Å². The summed E-state index contributed by atoms with van der Waals surface area (Å²) in [4.78, 5) is 14.1. The summed E-state index contributed by atoms with van der Waals surface area (Å²) in [5, 5.41) is 14.6. The Hall–Kier alpha value is -2.40. The summed E-state index contributed by atoms with van der Waals surface area (Å²) in [7, 11) is 0. The van der Waals surface area contributed by atoms with Crippen LogP contribution in [0, 0.1) is 19.8 Å². The lowest BCUT2D eigenvalue weighted by molar-refractivity contribution is -0.130. The molecule has 0 spiro atoms. The molecule has 1 aromatic carbocycles. The van der Waals surface area contributed by atoms with Crippen molar-refractivity contribution in [3.63, 3.8) is 0 Å². The van der Waals surface area contributed by atoms with Crippen molar-refractivity contribution in [2.24, 2.45) is 5.92 Å². The molecular formula is C20H25N3O2. The number of carbonyl (C=O) groups excluding carboxylic acids is 1. The zero-order chi connectivity index (χ0) is 18.0. The van der Waals surface area contributed by atoms with Crippen molar-refractivity contribution in [3.05, 3.63) is 53.4 Å². The second-order valence-electron chi connectivity index (χ2n) is 6.78. The number of amides is 1. The Morgan fingerprint density at radius 2 is 2.00 bits per heavy atom. The van der Waals surface area contributed by atoms with E-state index >= 15 is 0 Å². The van der Waals surface area contributed by atoms with E-state index in [1.165, 1.54) is 0 Å². The average Bonchev–Trinajstić information content (AvgIpc) is 2.90. The van der Waals surface area contributed by atoms with Crippen LogP contribution in [0.4, 0.5) is 0 Å². The van der Waals surface area contributed by atoms with Gasteiger partial charge in [-0.3, -0.25) is 4.79 Å². The topological polar surface area (TPSA) is 58.4 Å². The first kappa shape index (κ1) is 17.4. The molecule has 1 N–H and O–H groups in total. The van der Waals surface area contributed by atoms with Gasteiger partial charge in [0.1, 0.15) is 0 Å². The van der Waals surface area contributed by atoms with Crippen molar-refractivity contribution in [1.29, 1.82) is 0 Å². The van der Waals surface area contributed by atoms with E-state index in [9.17, 15) is 9.90 Å². The number of likely N-dealkylation sites (tertiary alicyclic amines) is 1. The van der Waals surface area contributed by atoms with Crippen molar-refractivity contribution in [1.82, 2.24) is 14.7 Å². The zero-order valence-electron chi connectivity index (χ0n) is 15.0. The van der Waals surface area contributed by atoms with Gasteiger partial charge in [-0.1, -0.05) is 25.1 Å². The second kappa shape index (κ2) is 7.23. The molecule has 2 unspecified atom stereocenters. The maximum absolute atomic E-state index is 12.4. The Bertz CT molecular complexity index is 780. The lowest BCUT2D eigenvalue weighted by atomic mass is 9.96. The first-order valence-electron chi connectivity index (χ1n) is 8.74. The van der Waals surface area contributed by atoms with Crippen LogP contribution in [-0.4, -0.2) is 44.9 Å². The zero-order valence-corrected chi connectivity index (χ0v) is 15.0. The molecule has 5 heteroatoms. The van der Waals surface area contributed by atoms with Crippen LogP contribution in [0.15, 0.2) is 36.4 Å². The van der Waals surface area contributed by atoms with Gasteiger partial charge in [-0.2, -0.15) is 5.10 Å². The molecule has 0 bridgehead atoms.